The van der Waals surface area contributed by atoms with Gasteiger partial charge in [0.1, 0.15) is 43.6 Å². The molecule has 0 bridgehead atoms. The Morgan fingerprint density at radius 3 is 1.75 bits per heavy atom. The van der Waals surface area contributed by atoms with Crippen molar-refractivity contribution < 1.29 is 47.6 Å². The number of amides is 3. The maximum Gasteiger partial charge on any atom is 0.407 e. The highest BCUT2D eigenvalue weighted by atomic mass is 16.6. The lowest BCUT2D eigenvalue weighted by molar-refractivity contribution is -0.237. The molecule has 5 aromatic carbocycles. The number of alkyl carbamates (subject to hydrolysis) is 1. The molecule has 0 spiro atoms. The molecule has 6 atom stereocenters. The minimum Gasteiger partial charge on any atom is -0.460 e. The highest BCUT2D eigenvalue weighted by Gasteiger charge is 2.49. The van der Waals surface area contributed by atoms with Gasteiger partial charge in [0.2, 0.25) is 11.8 Å². The number of ether oxygens (including phenoxy) is 6. The maximum absolute atomic E-state index is 14.1. The summed E-state index contributed by atoms with van der Waals surface area (Å²) in [6.07, 6.45) is -3.82. The van der Waals surface area contributed by atoms with E-state index in [9.17, 15) is 19.2 Å². The molecule has 1 aliphatic carbocycles. The second-order valence-corrected chi connectivity index (χ2v) is 15.6. The second kappa shape index (κ2) is 22.6. The van der Waals surface area contributed by atoms with Crippen LogP contribution in [0.5, 0.6) is 0 Å². The van der Waals surface area contributed by atoms with Gasteiger partial charge in [0.15, 0.2) is 6.23 Å². The number of fused-ring (bicyclic) bond motifs is 3. The molecule has 3 N–H and O–H groups in total. The summed E-state index contributed by atoms with van der Waals surface area (Å²) in [7, 11) is 0. The molecule has 0 unspecified atom stereocenters. The Balaban J connectivity index is 1.10. The number of carbonyl (C=O) groups is 4. The first kappa shape index (κ1) is 45.4. The number of benzene rings is 5. The molecule has 7 rings (SSSR count). The molecule has 13 nitrogen and oxygen atoms in total. The Hall–Kier alpha value is -6.64. The SMILES string of the molecule is C=CCOC(=O)[C@H](CC(=O)N[C@@H]1O[C@H](COCc2ccccc2)[C@@H](OCc2ccccc2)[C@H](OCc2ccccc2)[C@H]1NC(C)=O)NC(=O)OCC1c2ccccc2-c2ccccc21. The molecule has 3 amide bonds. The minimum atomic E-state index is -1.46. The molecular formula is C51H53N3O10. The van der Waals surface area contributed by atoms with E-state index in [0.29, 0.717) is 0 Å². The van der Waals surface area contributed by atoms with Gasteiger partial charge in [-0.05, 0) is 38.9 Å². The van der Waals surface area contributed by atoms with Crippen molar-refractivity contribution in [2.45, 2.75) is 75.7 Å². The first-order valence-electron chi connectivity index (χ1n) is 21.3. The molecule has 0 radical (unpaired) electrons. The summed E-state index contributed by atoms with van der Waals surface area (Å²) in [4.78, 5) is 53.8. The molecule has 0 saturated carbocycles. The standard InChI is InChI=1S/C51H53N3O10/c1-3-27-60-50(57)43(53-51(58)63-32-42-40-25-15-13-23-38(40)39-24-14-16-26-41(39)42)28-45(56)54-49-46(52-34(2)55)48(62-31-37-21-11-6-12-22-37)47(61-30-36-19-9-5-10-20-36)44(64-49)33-59-29-35-17-7-4-8-18-35/h3-26,42-44,46-49H,1,27-33H2,2H3,(H,52,55)(H,53,58)(H,54,56)/t43-,44+,46+,47+,48+,49+/m0/s1. The van der Waals surface area contributed by atoms with Gasteiger partial charge >= 0.3 is 12.1 Å². The van der Waals surface area contributed by atoms with Crippen LogP contribution in [0.1, 0.15) is 47.1 Å². The van der Waals surface area contributed by atoms with E-state index in [1.54, 1.807) is 0 Å². The molecule has 13 heteroatoms. The van der Waals surface area contributed by atoms with Crippen molar-refractivity contribution in [2.24, 2.45) is 0 Å². The summed E-state index contributed by atoms with van der Waals surface area (Å²) in [5, 5.41) is 8.33. The molecule has 332 valence electrons. The Morgan fingerprint density at radius 1 is 0.656 bits per heavy atom. The normalized spacial score (nSPS) is 19.3. The number of esters is 1. The van der Waals surface area contributed by atoms with Crippen LogP contribution in [-0.4, -0.2) is 80.3 Å². The van der Waals surface area contributed by atoms with Gasteiger partial charge in [0.25, 0.3) is 0 Å². The van der Waals surface area contributed by atoms with Gasteiger partial charge in [-0.1, -0.05) is 152 Å². The topological polar surface area (TPSA) is 160 Å². The first-order valence-corrected chi connectivity index (χ1v) is 21.3. The van der Waals surface area contributed by atoms with E-state index in [-0.39, 0.29) is 45.6 Å². The average Bonchev–Trinajstić information content (AvgIpc) is 3.63. The van der Waals surface area contributed by atoms with Gasteiger partial charge in [-0.2, -0.15) is 0 Å². The van der Waals surface area contributed by atoms with E-state index in [4.69, 9.17) is 28.4 Å². The van der Waals surface area contributed by atoms with Crippen LogP contribution in [-0.2, 0) is 62.6 Å². The number of nitrogens with one attached hydrogen (secondary N) is 3. The van der Waals surface area contributed by atoms with Crippen LogP contribution in [0.4, 0.5) is 4.79 Å². The molecule has 1 saturated heterocycles. The van der Waals surface area contributed by atoms with Crippen LogP contribution in [0, 0.1) is 0 Å². The number of hydrogen-bond donors (Lipinski definition) is 3. The maximum atomic E-state index is 14.1. The quantitative estimate of drug-likeness (QED) is 0.0565. The van der Waals surface area contributed by atoms with Crippen LogP contribution in [0.3, 0.4) is 0 Å². The lowest BCUT2D eigenvalue weighted by Crippen LogP contribution is -2.69. The average molecular weight is 868 g/mol. The molecule has 0 aromatic heterocycles. The summed E-state index contributed by atoms with van der Waals surface area (Å²) < 4.78 is 37.1. The summed E-state index contributed by atoms with van der Waals surface area (Å²) >= 11 is 0. The lowest BCUT2D eigenvalue weighted by atomic mass is 9.94. The van der Waals surface area contributed by atoms with Crippen LogP contribution in [0.2, 0.25) is 0 Å². The largest absolute Gasteiger partial charge is 0.460 e. The van der Waals surface area contributed by atoms with E-state index in [1.165, 1.54) is 13.0 Å². The van der Waals surface area contributed by atoms with Crippen LogP contribution >= 0.6 is 0 Å². The van der Waals surface area contributed by atoms with Crippen molar-refractivity contribution in [1.29, 1.82) is 0 Å². The third-order valence-corrected chi connectivity index (χ3v) is 11.0. The molecule has 1 heterocycles. The van der Waals surface area contributed by atoms with Crippen LogP contribution in [0.15, 0.2) is 152 Å². The van der Waals surface area contributed by atoms with Crippen molar-refractivity contribution in [2.75, 3.05) is 19.8 Å². The summed E-state index contributed by atoms with van der Waals surface area (Å²) in [5.74, 6) is -2.22. The van der Waals surface area contributed by atoms with Crippen molar-refractivity contribution >= 4 is 23.9 Å². The van der Waals surface area contributed by atoms with E-state index < -0.39 is 66.9 Å². The fourth-order valence-electron chi connectivity index (χ4n) is 8.01. The van der Waals surface area contributed by atoms with E-state index >= 15 is 0 Å². The van der Waals surface area contributed by atoms with Gasteiger partial charge in [-0.25, -0.2) is 9.59 Å². The Kier molecular flexibility index (Phi) is 16.1. The lowest BCUT2D eigenvalue weighted by Gasteiger charge is -2.46. The molecule has 2 aliphatic rings. The summed E-state index contributed by atoms with van der Waals surface area (Å²) in [6, 6.07) is 42.2. The molecule has 64 heavy (non-hydrogen) atoms. The molecule has 5 aromatic rings. The molecule has 1 aliphatic heterocycles. The van der Waals surface area contributed by atoms with Crippen molar-refractivity contribution in [1.82, 2.24) is 16.0 Å². The predicted octanol–water partition coefficient (Wildman–Crippen LogP) is 6.75. The molecule has 1 fully saturated rings. The van der Waals surface area contributed by atoms with Gasteiger partial charge in [0, 0.05) is 12.8 Å². The highest BCUT2D eigenvalue weighted by Crippen LogP contribution is 2.44. The van der Waals surface area contributed by atoms with Gasteiger partial charge in [-0.15, -0.1) is 0 Å². The fraction of sp³-hybridized carbons (Fsp3) is 0.294. The van der Waals surface area contributed by atoms with Crippen molar-refractivity contribution in [3.05, 3.63) is 180 Å². The van der Waals surface area contributed by atoms with E-state index in [2.05, 4.69) is 22.5 Å². The monoisotopic (exact) mass is 867 g/mol. The van der Waals surface area contributed by atoms with E-state index in [0.717, 1.165) is 38.9 Å². The zero-order valence-corrected chi connectivity index (χ0v) is 35.6. The third kappa shape index (κ3) is 12.1. The smallest absolute Gasteiger partial charge is 0.407 e. The van der Waals surface area contributed by atoms with Crippen LogP contribution < -0.4 is 16.0 Å². The predicted molar refractivity (Wildman–Crippen MR) is 238 cm³/mol. The van der Waals surface area contributed by atoms with Crippen molar-refractivity contribution in [3.63, 3.8) is 0 Å². The zero-order valence-electron chi connectivity index (χ0n) is 35.6. The number of rotatable bonds is 20. The third-order valence-electron chi connectivity index (χ3n) is 11.0. The van der Waals surface area contributed by atoms with Gasteiger partial charge in [-0.3, -0.25) is 9.59 Å². The van der Waals surface area contributed by atoms with Crippen molar-refractivity contribution in [3.8, 4) is 11.1 Å². The molecular weight excluding hydrogens is 815 g/mol. The van der Waals surface area contributed by atoms with Crippen LogP contribution in [0.25, 0.3) is 11.1 Å². The number of carbonyl (C=O) groups excluding carboxylic acids is 4. The fourth-order valence-corrected chi connectivity index (χ4v) is 8.01. The van der Waals surface area contributed by atoms with Gasteiger partial charge < -0.3 is 44.4 Å². The Labute approximate surface area is 373 Å². The van der Waals surface area contributed by atoms with Gasteiger partial charge in [0.05, 0.1) is 32.8 Å². The zero-order chi connectivity index (χ0) is 44.7. The minimum absolute atomic E-state index is 0.0135. The van der Waals surface area contributed by atoms with E-state index in [1.807, 2.05) is 140 Å². The number of hydrogen-bond acceptors (Lipinski definition) is 10. The Morgan fingerprint density at radius 2 is 1.19 bits per heavy atom. The first-order chi connectivity index (χ1) is 31.3. The Bertz CT molecular complexity index is 2280. The summed E-state index contributed by atoms with van der Waals surface area (Å²) in [5.41, 5.74) is 6.86. The summed E-state index contributed by atoms with van der Waals surface area (Å²) in [6.45, 7) is 5.42. The highest BCUT2D eigenvalue weighted by molar-refractivity contribution is 5.88. The second-order valence-electron chi connectivity index (χ2n) is 15.6.